The van der Waals surface area contributed by atoms with Crippen molar-refractivity contribution in [3.05, 3.63) is 53.3 Å². The fraction of sp³-hybridized carbons (Fsp3) is 0.474. The van der Waals surface area contributed by atoms with Gasteiger partial charge in [-0.2, -0.15) is 5.10 Å². The number of carbonyl (C=O) groups is 1. The van der Waals surface area contributed by atoms with Gasteiger partial charge in [0.05, 0.1) is 6.20 Å². The van der Waals surface area contributed by atoms with Crippen molar-refractivity contribution in [1.82, 2.24) is 20.4 Å². The number of fused-ring (bicyclic) bond motifs is 3. The summed E-state index contributed by atoms with van der Waals surface area (Å²) in [4.78, 5) is 14.7. The van der Waals surface area contributed by atoms with Gasteiger partial charge >= 0.3 is 6.03 Å². The standard InChI is InChI=1S/C19H22N4O/c24-19(23-7-3-5-13(11-23)14-9-20-21-10-14)22-18-16-8-12-4-1-2-6-15(12)17(16)18/h1-2,4,6,9-10,13,16-18H,3,5,7-8,11H2,(H,20,21)(H,22,24)/t13-,16+,17+,18+/m0/s1. The zero-order chi connectivity index (χ0) is 16.1. The molecule has 3 aliphatic rings. The summed E-state index contributed by atoms with van der Waals surface area (Å²) in [7, 11) is 0. The van der Waals surface area contributed by atoms with E-state index in [0.29, 0.717) is 23.8 Å². The molecule has 5 nitrogen and oxygen atoms in total. The highest BCUT2D eigenvalue weighted by Gasteiger charge is 2.56. The molecule has 1 aromatic carbocycles. The van der Waals surface area contributed by atoms with Crippen LogP contribution in [0.2, 0.25) is 0 Å². The zero-order valence-corrected chi connectivity index (χ0v) is 13.6. The van der Waals surface area contributed by atoms with Gasteiger partial charge in [0.1, 0.15) is 0 Å². The lowest BCUT2D eigenvalue weighted by atomic mass is 9.93. The minimum absolute atomic E-state index is 0.111. The van der Waals surface area contributed by atoms with Crippen molar-refractivity contribution >= 4 is 6.03 Å². The maximum Gasteiger partial charge on any atom is 0.317 e. The van der Waals surface area contributed by atoms with Crippen LogP contribution < -0.4 is 5.32 Å². The van der Waals surface area contributed by atoms with Gasteiger partial charge in [-0.15, -0.1) is 0 Å². The summed E-state index contributed by atoms with van der Waals surface area (Å²) in [6.07, 6.45) is 7.14. The van der Waals surface area contributed by atoms with E-state index < -0.39 is 0 Å². The summed E-state index contributed by atoms with van der Waals surface area (Å²) >= 11 is 0. The molecule has 1 aromatic heterocycles. The quantitative estimate of drug-likeness (QED) is 0.893. The number of benzene rings is 1. The number of amides is 2. The van der Waals surface area contributed by atoms with Crippen molar-refractivity contribution in [2.24, 2.45) is 5.92 Å². The minimum atomic E-state index is 0.111. The highest BCUT2D eigenvalue weighted by Crippen LogP contribution is 2.56. The van der Waals surface area contributed by atoms with Gasteiger partial charge in [0, 0.05) is 37.2 Å². The van der Waals surface area contributed by atoms with Crippen LogP contribution in [0.15, 0.2) is 36.7 Å². The summed E-state index contributed by atoms with van der Waals surface area (Å²) in [5.41, 5.74) is 4.13. The minimum Gasteiger partial charge on any atom is -0.334 e. The van der Waals surface area contributed by atoms with Crippen molar-refractivity contribution in [2.75, 3.05) is 13.1 Å². The molecule has 0 spiro atoms. The fourth-order valence-corrected chi connectivity index (χ4v) is 4.70. The molecule has 2 aliphatic carbocycles. The molecule has 2 N–H and O–H groups in total. The van der Waals surface area contributed by atoms with Crippen LogP contribution in [-0.4, -0.2) is 40.3 Å². The Labute approximate surface area is 141 Å². The molecule has 1 aliphatic heterocycles. The van der Waals surface area contributed by atoms with E-state index in [1.165, 1.54) is 16.7 Å². The molecule has 4 atom stereocenters. The SMILES string of the molecule is O=C(N[C@@H]1[C@@H]2Cc3ccccc3[C@H]21)N1CCC[C@H](c2cn[nH]c2)C1. The van der Waals surface area contributed by atoms with E-state index in [0.717, 1.165) is 32.4 Å². The normalized spacial score (nSPS) is 30.6. The van der Waals surface area contributed by atoms with Gasteiger partial charge in [0.2, 0.25) is 0 Å². The first-order chi connectivity index (χ1) is 11.8. The van der Waals surface area contributed by atoms with Gasteiger partial charge < -0.3 is 10.2 Å². The second-order valence-corrected chi connectivity index (χ2v) is 7.38. The molecule has 124 valence electrons. The Morgan fingerprint density at radius 1 is 1.33 bits per heavy atom. The van der Waals surface area contributed by atoms with Crippen molar-refractivity contribution in [3.63, 3.8) is 0 Å². The molecule has 24 heavy (non-hydrogen) atoms. The summed E-state index contributed by atoms with van der Waals surface area (Å²) in [5, 5.41) is 10.2. The van der Waals surface area contributed by atoms with Crippen LogP contribution >= 0.6 is 0 Å². The molecule has 1 saturated heterocycles. The van der Waals surface area contributed by atoms with Crippen molar-refractivity contribution < 1.29 is 4.79 Å². The summed E-state index contributed by atoms with van der Waals surface area (Å²) in [6, 6.07) is 9.11. The van der Waals surface area contributed by atoms with E-state index in [1.54, 1.807) is 0 Å². The molecular weight excluding hydrogens is 300 g/mol. The lowest BCUT2D eigenvalue weighted by Gasteiger charge is -2.32. The van der Waals surface area contributed by atoms with Crippen LogP contribution in [0, 0.1) is 5.92 Å². The van der Waals surface area contributed by atoms with Crippen molar-refractivity contribution in [3.8, 4) is 0 Å². The van der Waals surface area contributed by atoms with Gasteiger partial charge in [-0.25, -0.2) is 4.79 Å². The number of aromatic nitrogens is 2. The van der Waals surface area contributed by atoms with Crippen LogP contribution in [0.5, 0.6) is 0 Å². The Bertz CT molecular complexity index is 756. The number of nitrogens with one attached hydrogen (secondary N) is 2. The Balaban J connectivity index is 1.23. The van der Waals surface area contributed by atoms with E-state index in [-0.39, 0.29) is 6.03 Å². The van der Waals surface area contributed by atoms with Crippen LogP contribution in [0.25, 0.3) is 0 Å². The number of urea groups is 1. The highest BCUT2D eigenvalue weighted by molar-refractivity contribution is 5.76. The summed E-state index contributed by atoms with van der Waals surface area (Å²) in [6.45, 7) is 1.66. The lowest BCUT2D eigenvalue weighted by Crippen LogP contribution is -2.46. The predicted molar refractivity (Wildman–Crippen MR) is 90.8 cm³/mol. The Kier molecular flexibility index (Phi) is 3.15. The van der Waals surface area contributed by atoms with Gasteiger partial charge in [-0.3, -0.25) is 5.10 Å². The van der Waals surface area contributed by atoms with E-state index in [2.05, 4.69) is 39.8 Å². The van der Waals surface area contributed by atoms with Crippen LogP contribution in [0.4, 0.5) is 4.79 Å². The summed E-state index contributed by atoms with van der Waals surface area (Å²) in [5.74, 6) is 1.56. The molecule has 0 bridgehead atoms. The number of hydrogen-bond acceptors (Lipinski definition) is 2. The Morgan fingerprint density at radius 3 is 3.12 bits per heavy atom. The number of rotatable bonds is 2. The molecule has 0 unspecified atom stereocenters. The predicted octanol–water partition coefficient (Wildman–Crippen LogP) is 2.64. The molecule has 2 fully saturated rings. The van der Waals surface area contributed by atoms with Crippen molar-refractivity contribution in [1.29, 1.82) is 0 Å². The molecule has 5 rings (SSSR count). The first-order valence-corrected chi connectivity index (χ1v) is 8.93. The fourth-order valence-electron chi connectivity index (χ4n) is 4.70. The first kappa shape index (κ1) is 14.1. The molecule has 1 saturated carbocycles. The van der Waals surface area contributed by atoms with E-state index in [1.807, 2.05) is 17.3 Å². The number of carbonyl (C=O) groups excluding carboxylic acids is 1. The second kappa shape index (κ2) is 5.36. The molecular formula is C19H22N4O. The topological polar surface area (TPSA) is 61.0 Å². The maximum absolute atomic E-state index is 12.7. The second-order valence-electron chi connectivity index (χ2n) is 7.38. The van der Waals surface area contributed by atoms with Gasteiger partial charge in [0.25, 0.3) is 0 Å². The number of H-pyrrole nitrogens is 1. The number of piperidine rings is 1. The molecule has 5 heteroatoms. The third-order valence-electron chi connectivity index (χ3n) is 6.03. The van der Waals surface area contributed by atoms with Gasteiger partial charge in [0.15, 0.2) is 0 Å². The number of nitrogens with zero attached hydrogens (tertiary/aromatic N) is 2. The largest absolute Gasteiger partial charge is 0.334 e. The average molecular weight is 322 g/mol. The molecule has 2 heterocycles. The van der Waals surface area contributed by atoms with E-state index in [9.17, 15) is 4.79 Å². The Hall–Kier alpha value is -2.30. The Morgan fingerprint density at radius 2 is 2.25 bits per heavy atom. The maximum atomic E-state index is 12.7. The molecule has 2 amide bonds. The van der Waals surface area contributed by atoms with Crippen molar-refractivity contribution in [2.45, 2.75) is 37.1 Å². The number of aromatic amines is 1. The molecule has 2 aromatic rings. The highest BCUT2D eigenvalue weighted by atomic mass is 16.2. The van der Waals surface area contributed by atoms with Gasteiger partial charge in [-0.1, -0.05) is 24.3 Å². The third-order valence-corrected chi connectivity index (χ3v) is 6.03. The number of hydrogen-bond donors (Lipinski definition) is 2. The monoisotopic (exact) mass is 322 g/mol. The van der Waals surface area contributed by atoms with E-state index in [4.69, 9.17) is 0 Å². The van der Waals surface area contributed by atoms with Crippen LogP contribution in [0.1, 0.15) is 41.4 Å². The lowest BCUT2D eigenvalue weighted by molar-refractivity contribution is 0.178. The average Bonchev–Trinajstić information content (AvgIpc) is 3.02. The third kappa shape index (κ3) is 2.22. The number of likely N-dealkylation sites (tertiary alicyclic amines) is 1. The smallest absolute Gasteiger partial charge is 0.317 e. The summed E-state index contributed by atoms with van der Waals surface area (Å²) < 4.78 is 0. The zero-order valence-electron chi connectivity index (χ0n) is 13.6. The van der Waals surface area contributed by atoms with Crippen LogP contribution in [-0.2, 0) is 6.42 Å². The van der Waals surface area contributed by atoms with E-state index >= 15 is 0 Å². The van der Waals surface area contributed by atoms with Crippen LogP contribution in [0.3, 0.4) is 0 Å². The van der Waals surface area contributed by atoms with Gasteiger partial charge in [-0.05, 0) is 41.9 Å². The first-order valence-electron chi connectivity index (χ1n) is 8.93. The molecule has 0 radical (unpaired) electrons.